The highest BCUT2D eigenvalue weighted by Crippen LogP contribution is 2.76. The van der Waals surface area contributed by atoms with Crippen molar-refractivity contribution in [3.63, 3.8) is 0 Å². The fourth-order valence-corrected chi connectivity index (χ4v) is 11.6. The third-order valence-electron chi connectivity index (χ3n) is 13.9. The number of urea groups is 1. The van der Waals surface area contributed by atoms with Gasteiger partial charge in [-0.25, -0.2) is 4.79 Å². The van der Waals surface area contributed by atoms with E-state index in [1.807, 2.05) is 0 Å². The minimum atomic E-state index is -4.48. The zero-order chi connectivity index (χ0) is 30.6. The highest BCUT2D eigenvalue weighted by atomic mass is 19.4. The maximum atomic E-state index is 13.3. The van der Waals surface area contributed by atoms with E-state index in [1.54, 1.807) is 0 Å². The van der Waals surface area contributed by atoms with Gasteiger partial charge in [-0.05, 0) is 115 Å². The van der Waals surface area contributed by atoms with Crippen LogP contribution in [-0.4, -0.2) is 30.1 Å². The standard InChI is InChI=1S/C34H53F3N2O2/c1-19(2)26-22(40)18-30(6)16-17-31(7)21(27(26)30)10-11-24-32(31,8)15-12-23-29(4,5)14-13-25(33(23,24)9)39-28(41)38-20(3)34(35,36)37/h19-21,23-25H,10-18H2,1-9H3,(H2,38,39,41)/t20-,21-,23+,24+,25?,30+,31-,32-,33+/m1/s1. The summed E-state index contributed by atoms with van der Waals surface area (Å²) in [7, 11) is 0. The number of hydrogen-bond donors (Lipinski definition) is 2. The van der Waals surface area contributed by atoms with Crippen molar-refractivity contribution in [3.05, 3.63) is 11.1 Å². The number of amides is 2. The smallest absolute Gasteiger partial charge is 0.335 e. The summed E-state index contributed by atoms with van der Waals surface area (Å²) < 4.78 is 39.8. The lowest BCUT2D eigenvalue weighted by Gasteiger charge is -2.72. The highest BCUT2D eigenvalue weighted by Gasteiger charge is 2.70. The summed E-state index contributed by atoms with van der Waals surface area (Å²) in [6.45, 7) is 19.7. The fourth-order valence-electron chi connectivity index (χ4n) is 11.6. The van der Waals surface area contributed by atoms with E-state index in [0.29, 0.717) is 30.0 Å². The minimum absolute atomic E-state index is 0.00626. The topological polar surface area (TPSA) is 58.2 Å². The second-order valence-corrected chi connectivity index (χ2v) is 16.6. The summed E-state index contributed by atoms with van der Waals surface area (Å²) >= 11 is 0. The lowest BCUT2D eigenvalue weighted by molar-refractivity contribution is -0.219. The zero-order valence-electron chi connectivity index (χ0n) is 26.8. The molecule has 5 aliphatic rings. The van der Waals surface area contributed by atoms with Crippen molar-refractivity contribution < 1.29 is 22.8 Å². The maximum Gasteiger partial charge on any atom is 0.408 e. The molecule has 2 N–H and O–H groups in total. The molecule has 0 radical (unpaired) electrons. The molecular formula is C34H53F3N2O2. The number of Topliss-reactive ketones (excluding diaryl/α,β-unsaturated/α-hetero) is 1. The Bertz CT molecular complexity index is 1140. The number of carbonyl (C=O) groups excluding carboxylic acids is 2. The van der Waals surface area contributed by atoms with Gasteiger partial charge in [0.05, 0.1) is 0 Å². The molecule has 41 heavy (non-hydrogen) atoms. The van der Waals surface area contributed by atoms with Gasteiger partial charge < -0.3 is 10.6 Å². The van der Waals surface area contributed by atoms with Crippen LogP contribution in [0.5, 0.6) is 0 Å². The van der Waals surface area contributed by atoms with Gasteiger partial charge in [0.1, 0.15) is 6.04 Å². The molecule has 0 saturated heterocycles. The van der Waals surface area contributed by atoms with Crippen molar-refractivity contribution in [2.75, 3.05) is 0 Å². The molecule has 2 amide bonds. The summed E-state index contributed by atoms with van der Waals surface area (Å²) in [5.41, 5.74) is 2.42. The molecule has 0 heterocycles. The van der Waals surface area contributed by atoms with Crippen LogP contribution in [0.25, 0.3) is 0 Å². The van der Waals surface area contributed by atoms with Gasteiger partial charge in [0.25, 0.3) is 0 Å². The maximum absolute atomic E-state index is 13.3. The molecule has 0 aromatic rings. The predicted octanol–water partition coefficient (Wildman–Crippen LogP) is 8.61. The normalized spacial score (nSPS) is 44.5. The van der Waals surface area contributed by atoms with Crippen LogP contribution in [0.4, 0.5) is 18.0 Å². The number of hydrogen-bond acceptors (Lipinski definition) is 2. The number of allylic oxidation sites excluding steroid dienone is 2. The van der Waals surface area contributed by atoms with E-state index < -0.39 is 18.2 Å². The Morgan fingerprint density at radius 1 is 0.854 bits per heavy atom. The Morgan fingerprint density at radius 3 is 2.12 bits per heavy atom. The number of nitrogens with one attached hydrogen (secondary N) is 2. The molecule has 7 heteroatoms. The van der Waals surface area contributed by atoms with Gasteiger partial charge in [-0.1, -0.05) is 61.0 Å². The number of fused-ring (bicyclic) bond motifs is 7. The van der Waals surface area contributed by atoms with E-state index in [9.17, 15) is 22.8 Å². The summed E-state index contributed by atoms with van der Waals surface area (Å²) in [5, 5.41) is 5.27. The molecule has 0 spiro atoms. The van der Waals surface area contributed by atoms with Crippen LogP contribution >= 0.6 is 0 Å². The van der Waals surface area contributed by atoms with Gasteiger partial charge in [0.2, 0.25) is 0 Å². The molecule has 1 unspecified atom stereocenters. The molecule has 0 aliphatic heterocycles. The van der Waals surface area contributed by atoms with Gasteiger partial charge in [-0.15, -0.1) is 0 Å². The van der Waals surface area contributed by atoms with Gasteiger partial charge in [0, 0.05) is 12.5 Å². The molecule has 5 aliphatic carbocycles. The first-order valence-corrected chi connectivity index (χ1v) is 16.1. The van der Waals surface area contributed by atoms with Crippen molar-refractivity contribution >= 4 is 11.8 Å². The van der Waals surface area contributed by atoms with E-state index >= 15 is 0 Å². The molecule has 4 fully saturated rings. The van der Waals surface area contributed by atoms with E-state index in [2.05, 4.69) is 66.0 Å². The zero-order valence-corrected chi connectivity index (χ0v) is 26.8. The highest BCUT2D eigenvalue weighted by molar-refractivity contribution is 6.00. The largest absolute Gasteiger partial charge is 0.408 e. The first-order valence-electron chi connectivity index (χ1n) is 16.1. The summed E-state index contributed by atoms with van der Waals surface area (Å²) in [6.07, 6.45) is 4.26. The van der Waals surface area contributed by atoms with Crippen molar-refractivity contribution in [3.8, 4) is 0 Å². The Kier molecular flexibility index (Phi) is 7.15. The Hall–Kier alpha value is -1.53. The van der Waals surface area contributed by atoms with Crippen LogP contribution in [-0.2, 0) is 4.79 Å². The lowest BCUT2D eigenvalue weighted by atomic mass is 9.32. The first kappa shape index (κ1) is 30.9. The van der Waals surface area contributed by atoms with E-state index in [1.165, 1.54) is 5.57 Å². The van der Waals surface area contributed by atoms with Crippen LogP contribution in [0.15, 0.2) is 11.1 Å². The third kappa shape index (κ3) is 4.35. The molecule has 4 nitrogen and oxygen atoms in total. The van der Waals surface area contributed by atoms with Crippen LogP contribution in [0.3, 0.4) is 0 Å². The van der Waals surface area contributed by atoms with Crippen LogP contribution < -0.4 is 10.6 Å². The van der Waals surface area contributed by atoms with E-state index in [-0.39, 0.29) is 39.0 Å². The Labute approximate surface area is 245 Å². The molecule has 0 aromatic heterocycles. The predicted molar refractivity (Wildman–Crippen MR) is 156 cm³/mol. The van der Waals surface area contributed by atoms with Crippen molar-refractivity contribution in [2.45, 2.75) is 138 Å². The summed E-state index contributed by atoms with van der Waals surface area (Å²) in [5.74, 6) is 1.67. The molecule has 5 rings (SSSR count). The number of carbonyl (C=O) groups is 2. The van der Waals surface area contributed by atoms with E-state index in [4.69, 9.17) is 0 Å². The number of halogens is 3. The summed E-state index contributed by atoms with van der Waals surface area (Å²) in [4.78, 5) is 26.4. The third-order valence-corrected chi connectivity index (χ3v) is 13.9. The molecular weight excluding hydrogens is 525 g/mol. The molecule has 0 aromatic carbocycles. The second kappa shape index (κ2) is 9.48. The van der Waals surface area contributed by atoms with Crippen molar-refractivity contribution in [2.24, 2.45) is 50.7 Å². The van der Waals surface area contributed by atoms with E-state index in [0.717, 1.165) is 63.9 Å². The molecule has 232 valence electrons. The SMILES string of the molecule is CC(C)C1=C2[C@H]3CC[C@@H]4[C@@]5(C)C(NC(=O)N[C@H](C)C(F)(F)F)CCC(C)(C)[C@@H]5CC[C@@]4(C)[C@]3(C)CC[C@@]2(C)CC1=O. The quantitative estimate of drug-likeness (QED) is 0.352. The van der Waals surface area contributed by atoms with Crippen LogP contribution in [0.2, 0.25) is 0 Å². The Balaban J connectivity index is 1.53. The van der Waals surface area contributed by atoms with Gasteiger partial charge in [-0.2, -0.15) is 13.2 Å². The van der Waals surface area contributed by atoms with Crippen molar-refractivity contribution in [1.82, 2.24) is 10.6 Å². The second-order valence-electron chi connectivity index (χ2n) is 16.6. The monoisotopic (exact) mass is 578 g/mol. The molecule has 4 saturated carbocycles. The van der Waals surface area contributed by atoms with Gasteiger partial charge in [0.15, 0.2) is 5.78 Å². The van der Waals surface area contributed by atoms with Crippen molar-refractivity contribution in [1.29, 1.82) is 0 Å². The van der Waals surface area contributed by atoms with Crippen LogP contribution in [0.1, 0.15) is 120 Å². The first-order chi connectivity index (χ1) is 18.7. The summed E-state index contributed by atoms with van der Waals surface area (Å²) in [6, 6.07) is -2.79. The fraction of sp³-hybridized carbons (Fsp3) is 0.882. The molecule has 0 bridgehead atoms. The van der Waals surface area contributed by atoms with Crippen LogP contribution in [0, 0.1) is 50.7 Å². The van der Waals surface area contributed by atoms with Gasteiger partial charge in [-0.3, -0.25) is 4.79 Å². The molecule has 9 atom stereocenters. The Morgan fingerprint density at radius 2 is 1.51 bits per heavy atom. The average molecular weight is 579 g/mol. The lowest BCUT2D eigenvalue weighted by Crippen LogP contribution is -2.69. The number of alkyl halides is 3. The number of rotatable bonds is 3. The van der Waals surface area contributed by atoms with Gasteiger partial charge >= 0.3 is 12.2 Å². The average Bonchev–Trinajstić information content (AvgIpc) is 3.11. The number of ketones is 1. The minimum Gasteiger partial charge on any atom is -0.335 e.